The molecule has 13 heteroatoms. The summed E-state index contributed by atoms with van der Waals surface area (Å²) >= 11 is 1.51. The molecule has 1 aromatic carbocycles. The highest BCUT2D eigenvalue weighted by Crippen LogP contribution is 2.30. The number of methoxy groups -OCH3 is 2. The summed E-state index contributed by atoms with van der Waals surface area (Å²) in [6.07, 6.45) is 3.48. The SMILES string of the molecule is CCC(C)C([C@@H](CC(=O)N1CCC[C@H]1[C@H](OC)[C@@H](C)C(=O)N[C@@H](Cc1ccccc1)c1nccs1)OC)N(C)C(=O)[C@@H](NC(=O)C(NC)C(C)C)C(C)C. The number of carbonyl (C=O) groups is 4. The molecule has 1 aliphatic rings. The molecule has 54 heavy (non-hydrogen) atoms. The Kier molecular flexibility index (Phi) is 18.0. The Balaban J connectivity index is 1.78. The third-order valence-corrected chi connectivity index (χ3v) is 12.0. The lowest BCUT2D eigenvalue weighted by atomic mass is 9.89. The summed E-state index contributed by atoms with van der Waals surface area (Å²) in [4.78, 5) is 63.6. The molecular weight excluding hydrogens is 705 g/mol. The van der Waals surface area contributed by atoms with Gasteiger partial charge in [0.05, 0.1) is 48.7 Å². The highest BCUT2D eigenvalue weighted by atomic mass is 32.1. The van der Waals surface area contributed by atoms with Crippen molar-refractivity contribution in [3.8, 4) is 0 Å². The van der Waals surface area contributed by atoms with Crippen molar-refractivity contribution in [3.05, 3.63) is 52.5 Å². The first-order valence-electron chi connectivity index (χ1n) is 19.5. The molecule has 12 nitrogen and oxygen atoms in total. The first-order chi connectivity index (χ1) is 25.7. The molecular formula is C41H66N6O6S. The summed E-state index contributed by atoms with van der Waals surface area (Å²) in [6.45, 7) is 14.3. The maximum Gasteiger partial charge on any atom is 0.245 e. The van der Waals surface area contributed by atoms with Gasteiger partial charge in [0, 0.05) is 39.4 Å². The largest absolute Gasteiger partial charge is 0.379 e. The van der Waals surface area contributed by atoms with Crippen molar-refractivity contribution < 1.29 is 28.7 Å². The van der Waals surface area contributed by atoms with Gasteiger partial charge >= 0.3 is 0 Å². The van der Waals surface area contributed by atoms with E-state index < -0.39 is 36.3 Å². The fraction of sp³-hybridized carbons (Fsp3) is 0.683. The zero-order valence-electron chi connectivity index (χ0n) is 34.3. The van der Waals surface area contributed by atoms with Crippen LogP contribution in [0.3, 0.4) is 0 Å². The van der Waals surface area contributed by atoms with Crippen LogP contribution < -0.4 is 16.0 Å². The van der Waals surface area contributed by atoms with E-state index in [1.807, 2.05) is 75.2 Å². The molecule has 1 fully saturated rings. The minimum absolute atomic E-state index is 0.00702. The number of rotatable bonds is 21. The number of benzene rings is 1. The predicted octanol–water partition coefficient (Wildman–Crippen LogP) is 4.85. The van der Waals surface area contributed by atoms with Gasteiger partial charge in [-0.25, -0.2) is 4.98 Å². The second-order valence-electron chi connectivity index (χ2n) is 15.5. The average molecular weight is 771 g/mol. The topological polar surface area (TPSA) is 142 Å². The van der Waals surface area contributed by atoms with E-state index in [-0.39, 0.29) is 59.9 Å². The molecule has 1 aromatic heterocycles. The van der Waals surface area contributed by atoms with E-state index in [2.05, 4.69) is 34.8 Å². The van der Waals surface area contributed by atoms with Crippen LogP contribution in [0.2, 0.25) is 0 Å². The molecule has 0 bridgehead atoms. The lowest BCUT2D eigenvalue weighted by Gasteiger charge is -2.41. The zero-order valence-corrected chi connectivity index (χ0v) is 35.2. The summed E-state index contributed by atoms with van der Waals surface area (Å²) in [5, 5.41) is 12.0. The van der Waals surface area contributed by atoms with Crippen molar-refractivity contribution in [2.75, 3.05) is 34.9 Å². The molecule has 3 unspecified atom stereocenters. The molecule has 0 radical (unpaired) electrons. The maximum absolute atomic E-state index is 14.3. The van der Waals surface area contributed by atoms with Crippen LogP contribution in [-0.4, -0.2) is 110 Å². The van der Waals surface area contributed by atoms with Gasteiger partial charge in [0.2, 0.25) is 23.6 Å². The Morgan fingerprint density at radius 3 is 2.17 bits per heavy atom. The van der Waals surface area contributed by atoms with Gasteiger partial charge in [0.25, 0.3) is 0 Å². The van der Waals surface area contributed by atoms with Crippen molar-refractivity contribution in [2.45, 2.75) is 123 Å². The molecule has 9 atom stereocenters. The summed E-state index contributed by atoms with van der Waals surface area (Å²) in [5.74, 6) is -1.41. The van der Waals surface area contributed by atoms with Crippen LogP contribution in [0.5, 0.6) is 0 Å². The van der Waals surface area contributed by atoms with E-state index >= 15 is 0 Å². The van der Waals surface area contributed by atoms with Crippen molar-refractivity contribution in [1.82, 2.24) is 30.7 Å². The van der Waals surface area contributed by atoms with E-state index in [9.17, 15) is 19.2 Å². The molecule has 302 valence electrons. The summed E-state index contributed by atoms with van der Waals surface area (Å²) in [6, 6.07) is 7.77. The number of hydrogen-bond donors (Lipinski definition) is 3. The van der Waals surface area contributed by atoms with Crippen LogP contribution in [0.4, 0.5) is 0 Å². The third-order valence-electron chi connectivity index (χ3n) is 11.1. The number of amides is 4. The van der Waals surface area contributed by atoms with Crippen LogP contribution in [0.15, 0.2) is 41.9 Å². The third kappa shape index (κ3) is 11.6. The molecule has 0 spiro atoms. The van der Waals surface area contributed by atoms with Gasteiger partial charge < -0.3 is 35.2 Å². The summed E-state index contributed by atoms with van der Waals surface area (Å²) in [7, 11) is 6.65. The van der Waals surface area contributed by atoms with Crippen molar-refractivity contribution >= 4 is 35.0 Å². The monoisotopic (exact) mass is 770 g/mol. The van der Waals surface area contributed by atoms with Crippen LogP contribution in [0.1, 0.15) is 90.8 Å². The fourth-order valence-corrected chi connectivity index (χ4v) is 8.50. The van der Waals surface area contributed by atoms with Gasteiger partial charge in [-0.1, -0.05) is 85.2 Å². The number of ether oxygens (including phenoxy) is 2. The number of likely N-dealkylation sites (tertiary alicyclic amines) is 1. The minimum Gasteiger partial charge on any atom is -0.379 e. The van der Waals surface area contributed by atoms with E-state index in [1.165, 1.54) is 11.3 Å². The Bertz CT molecular complexity index is 1460. The number of nitrogens with zero attached hydrogens (tertiary/aromatic N) is 3. The minimum atomic E-state index is -0.752. The van der Waals surface area contributed by atoms with Crippen LogP contribution in [0.25, 0.3) is 0 Å². The van der Waals surface area contributed by atoms with E-state index in [1.54, 1.807) is 39.4 Å². The van der Waals surface area contributed by atoms with Crippen LogP contribution >= 0.6 is 11.3 Å². The Hall–Kier alpha value is -3.39. The number of likely N-dealkylation sites (N-methyl/N-ethyl adjacent to an activating group) is 2. The summed E-state index contributed by atoms with van der Waals surface area (Å²) in [5.41, 5.74) is 1.09. The molecule has 3 rings (SSSR count). The first-order valence-corrected chi connectivity index (χ1v) is 20.4. The van der Waals surface area contributed by atoms with Gasteiger partial charge in [-0.3, -0.25) is 19.2 Å². The average Bonchev–Trinajstić information content (AvgIpc) is 3.87. The fourth-order valence-electron chi connectivity index (χ4n) is 7.81. The number of carbonyl (C=O) groups excluding carboxylic acids is 4. The quantitative estimate of drug-likeness (QED) is 0.164. The lowest BCUT2D eigenvalue weighted by Crippen LogP contribution is -2.59. The molecule has 4 amide bonds. The molecule has 2 heterocycles. The van der Waals surface area contributed by atoms with Crippen molar-refractivity contribution in [2.24, 2.45) is 23.7 Å². The van der Waals surface area contributed by atoms with Gasteiger partial charge in [0.1, 0.15) is 11.0 Å². The van der Waals surface area contributed by atoms with Gasteiger partial charge in [0.15, 0.2) is 0 Å². The number of aromatic nitrogens is 1. The van der Waals surface area contributed by atoms with E-state index in [0.717, 1.165) is 23.4 Å². The van der Waals surface area contributed by atoms with E-state index in [4.69, 9.17) is 9.47 Å². The highest BCUT2D eigenvalue weighted by Gasteiger charge is 2.43. The van der Waals surface area contributed by atoms with Crippen LogP contribution in [-0.2, 0) is 35.1 Å². The Morgan fingerprint density at radius 2 is 1.63 bits per heavy atom. The van der Waals surface area contributed by atoms with E-state index in [0.29, 0.717) is 19.4 Å². The van der Waals surface area contributed by atoms with Crippen molar-refractivity contribution in [1.29, 1.82) is 0 Å². The molecule has 1 saturated heterocycles. The molecule has 3 N–H and O–H groups in total. The number of hydrogen-bond acceptors (Lipinski definition) is 9. The summed E-state index contributed by atoms with van der Waals surface area (Å²) < 4.78 is 12.1. The predicted molar refractivity (Wildman–Crippen MR) is 214 cm³/mol. The van der Waals surface area contributed by atoms with Gasteiger partial charge in [-0.2, -0.15) is 0 Å². The Morgan fingerprint density at radius 1 is 0.963 bits per heavy atom. The van der Waals surface area contributed by atoms with Crippen LogP contribution in [0, 0.1) is 23.7 Å². The molecule has 1 aliphatic heterocycles. The number of thiazole rings is 1. The second-order valence-corrected chi connectivity index (χ2v) is 16.4. The van der Waals surface area contributed by atoms with Gasteiger partial charge in [-0.05, 0) is 49.6 Å². The standard InChI is InChI=1S/C41H66N6O6S/c1-12-27(6)36(46(9)41(51)35(26(4)5)45-39(50)34(42-8)25(2)3)32(52-10)24-33(48)47-21-16-19-31(47)37(53-11)28(7)38(49)44-30(40-43-20-22-54-40)23-29-17-14-13-15-18-29/h13-15,17-18,20,22,25-28,30-32,34-37,42H,12,16,19,21,23-24H2,1-11H3,(H,44,49)(H,45,50)/t27?,28-,30+,31+,32-,34?,35+,36?,37-/m1/s1. The van der Waals surface area contributed by atoms with Gasteiger partial charge in [-0.15, -0.1) is 11.3 Å². The second kappa shape index (κ2) is 21.6. The molecule has 0 saturated carbocycles. The lowest BCUT2D eigenvalue weighted by molar-refractivity contribution is -0.147. The maximum atomic E-state index is 14.3. The molecule has 2 aromatic rings. The highest BCUT2D eigenvalue weighted by molar-refractivity contribution is 7.09. The normalized spacial score (nSPS) is 19.1. The first kappa shape index (κ1) is 45.0. The van der Waals surface area contributed by atoms with Crippen molar-refractivity contribution in [3.63, 3.8) is 0 Å². The Labute approximate surface area is 327 Å². The zero-order chi connectivity index (χ0) is 40.1. The smallest absolute Gasteiger partial charge is 0.245 e. The molecule has 0 aliphatic carbocycles. The number of nitrogens with one attached hydrogen (secondary N) is 3.